The Balaban J connectivity index is 2.13. The van der Waals surface area contributed by atoms with Crippen molar-refractivity contribution in [3.05, 3.63) is 5.82 Å². The summed E-state index contributed by atoms with van der Waals surface area (Å²) in [6, 6.07) is 0.367. The molecule has 1 aliphatic heterocycles. The van der Waals surface area contributed by atoms with Gasteiger partial charge in [0.25, 0.3) is 0 Å². The van der Waals surface area contributed by atoms with Crippen LogP contribution < -0.4 is 5.73 Å². The van der Waals surface area contributed by atoms with Gasteiger partial charge in [-0.15, -0.1) is 0 Å². The van der Waals surface area contributed by atoms with E-state index < -0.39 is 0 Å². The summed E-state index contributed by atoms with van der Waals surface area (Å²) in [5.74, 6) is 2.08. The standard InChI is InChI=1S/C11H21N5/c1-8(2)7-16-6-4-5-9(16)10-13-11(12)15(3)14-10/h8-9H,4-7H2,1-3H3,(H2,12,13,14)/t9-/m0/s1. The van der Waals surface area contributed by atoms with E-state index in [4.69, 9.17) is 5.73 Å². The van der Waals surface area contributed by atoms with E-state index in [1.807, 2.05) is 7.05 Å². The van der Waals surface area contributed by atoms with E-state index in [1.165, 1.54) is 6.42 Å². The average molecular weight is 223 g/mol. The maximum absolute atomic E-state index is 5.73. The van der Waals surface area contributed by atoms with Crippen molar-refractivity contribution in [3.63, 3.8) is 0 Å². The molecule has 1 fully saturated rings. The lowest BCUT2D eigenvalue weighted by molar-refractivity contribution is 0.221. The highest BCUT2D eigenvalue weighted by Crippen LogP contribution is 2.30. The van der Waals surface area contributed by atoms with Crippen molar-refractivity contribution in [2.45, 2.75) is 32.7 Å². The molecule has 0 aliphatic carbocycles. The molecule has 0 saturated carbocycles. The maximum Gasteiger partial charge on any atom is 0.218 e. The monoisotopic (exact) mass is 223 g/mol. The highest BCUT2D eigenvalue weighted by molar-refractivity contribution is 5.17. The van der Waals surface area contributed by atoms with Crippen LogP contribution in [0.3, 0.4) is 0 Å². The van der Waals surface area contributed by atoms with Crippen molar-refractivity contribution in [1.82, 2.24) is 19.7 Å². The Labute approximate surface area is 96.6 Å². The Bertz CT molecular complexity index is 338. The molecule has 1 aromatic heterocycles. The average Bonchev–Trinajstić information content (AvgIpc) is 2.74. The van der Waals surface area contributed by atoms with Gasteiger partial charge in [-0.25, -0.2) is 4.68 Å². The molecule has 2 N–H and O–H groups in total. The summed E-state index contributed by atoms with van der Waals surface area (Å²) in [5, 5.41) is 4.39. The van der Waals surface area contributed by atoms with Crippen LogP contribution in [0.25, 0.3) is 0 Å². The minimum atomic E-state index is 0.367. The maximum atomic E-state index is 5.73. The number of hydrogen-bond donors (Lipinski definition) is 1. The van der Waals surface area contributed by atoms with Gasteiger partial charge in [0, 0.05) is 13.6 Å². The Morgan fingerprint density at radius 1 is 1.50 bits per heavy atom. The van der Waals surface area contributed by atoms with Gasteiger partial charge in [-0.2, -0.15) is 10.1 Å². The molecule has 5 heteroatoms. The third-order valence-electron chi connectivity index (χ3n) is 3.07. The van der Waals surface area contributed by atoms with Crippen LogP contribution in [0.15, 0.2) is 0 Å². The zero-order valence-electron chi connectivity index (χ0n) is 10.3. The van der Waals surface area contributed by atoms with Gasteiger partial charge in [-0.3, -0.25) is 4.90 Å². The van der Waals surface area contributed by atoms with Gasteiger partial charge >= 0.3 is 0 Å². The highest BCUT2D eigenvalue weighted by Gasteiger charge is 2.29. The van der Waals surface area contributed by atoms with Crippen molar-refractivity contribution in [2.75, 3.05) is 18.8 Å². The van der Waals surface area contributed by atoms with E-state index >= 15 is 0 Å². The fraction of sp³-hybridized carbons (Fsp3) is 0.818. The topological polar surface area (TPSA) is 60.0 Å². The third kappa shape index (κ3) is 2.19. The molecular formula is C11H21N5. The molecule has 2 heterocycles. The molecule has 0 bridgehead atoms. The second-order valence-electron chi connectivity index (χ2n) is 5.00. The summed E-state index contributed by atoms with van der Waals surface area (Å²) in [6.45, 7) is 6.76. The molecule has 1 aliphatic rings. The molecule has 0 unspecified atom stereocenters. The molecule has 0 amide bonds. The first kappa shape index (κ1) is 11.4. The molecule has 0 radical (unpaired) electrons. The van der Waals surface area contributed by atoms with Gasteiger partial charge in [0.2, 0.25) is 5.95 Å². The van der Waals surface area contributed by atoms with Crippen molar-refractivity contribution < 1.29 is 0 Å². The van der Waals surface area contributed by atoms with Crippen molar-refractivity contribution in [3.8, 4) is 0 Å². The number of anilines is 1. The van der Waals surface area contributed by atoms with E-state index in [9.17, 15) is 0 Å². The van der Waals surface area contributed by atoms with Gasteiger partial charge in [0.05, 0.1) is 6.04 Å². The quantitative estimate of drug-likeness (QED) is 0.836. The van der Waals surface area contributed by atoms with Crippen LogP contribution in [-0.2, 0) is 7.05 Å². The van der Waals surface area contributed by atoms with Crippen LogP contribution in [0.1, 0.15) is 38.6 Å². The number of hydrogen-bond acceptors (Lipinski definition) is 4. The summed E-state index contributed by atoms with van der Waals surface area (Å²) >= 11 is 0. The van der Waals surface area contributed by atoms with Crippen molar-refractivity contribution >= 4 is 5.95 Å². The first-order chi connectivity index (χ1) is 7.58. The number of aromatic nitrogens is 3. The number of likely N-dealkylation sites (tertiary alicyclic amines) is 1. The summed E-state index contributed by atoms with van der Waals surface area (Å²) in [7, 11) is 1.84. The Hall–Kier alpha value is -1.10. The molecule has 2 rings (SSSR count). The molecule has 16 heavy (non-hydrogen) atoms. The SMILES string of the molecule is CC(C)CN1CCC[C@H]1c1nc(N)n(C)n1. The molecule has 0 spiro atoms. The Morgan fingerprint density at radius 2 is 2.25 bits per heavy atom. The van der Waals surface area contributed by atoms with Crippen LogP contribution in [0.2, 0.25) is 0 Å². The minimum absolute atomic E-state index is 0.367. The molecular weight excluding hydrogens is 202 g/mol. The predicted octanol–water partition coefficient (Wildman–Crippen LogP) is 1.19. The van der Waals surface area contributed by atoms with E-state index in [-0.39, 0.29) is 0 Å². The Kier molecular flexibility index (Phi) is 3.14. The number of nitrogens with zero attached hydrogens (tertiary/aromatic N) is 4. The minimum Gasteiger partial charge on any atom is -0.368 e. The first-order valence-electron chi connectivity index (χ1n) is 5.98. The lowest BCUT2D eigenvalue weighted by atomic mass is 10.1. The van der Waals surface area contributed by atoms with Gasteiger partial charge in [-0.05, 0) is 25.3 Å². The molecule has 1 atom stereocenters. The predicted molar refractivity (Wildman–Crippen MR) is 63.8 cm³/mol. The van der Waals surface area contributed by atoms with Crippen LogP contribution in [0.5, 0.6) is 0 Å². The van der Waals surface area contributed by atoms with E-state index in [0.717, 1.165) is 25.3 Å². The van der Waals surface area contributed by atoms with Gasteiger partial charge in [0.1, 0.15) is 0 Å². The van der Waals surface area contributed by atoms with E-state index in [0.29, 0.717) is 17.9 Å². The van der Waals surface area contributed by atoms with Crippen LogP contribution in [0, 0.1) is 5.92 Å². The summed E-state index contributed by atoms with van der Waals surface area (Å²) in [5.41, 5.74) is 5.73. The van der Waals surface area contributed by atoms with Crippen LogP contribution in [-0.4, -0.2) is 32.8 Å². The fourth-order valence-corrected chi connectivity index (χ4v) is 2.36. The second kappa shape index (κ2) is 4.41. The first-order valence-corrected chi connectivity index (χ1v) is 5.98. The largest absolute Gasteiger partial charge is 0.368 e. The normalized spacial score (nSPS) is 22.1. The lowest BCUT2D eigenvalue weighted by Gasteiger charge is -2.23. The van der Waals surface area contributed by atoms with Crippen LogP contribution >= 0.6 is 0 Å². The third-order valence-corrected chi connectivity index (χ3v) is 3.07. The number of nitrogens with two attached hydrogens (primary N) is 1. The zero-order chi connectivity index (χ0) is 11.7. The molecule has 5 nitrogen and oxygen atoms in total. The molecule has 1 aromatic rings. The fourth-order valence-electron chi connectivity index (χ4n) is 2.36. The Morgan fingerprint density at radius 3 is 2.81 bits per heavy atom. The van der Waals surface area contributed by atoms with Crippen molar-refractivity contribution in [1.29, 1.82) is 0 Å². The molecule has 1 saturated heterocycles. The number of rotatable bonds is 3. The summed E-state index contributed by atoms with van der Waals surface area (Å²) in [4.78, 5) is 6.81. The van der Waals surface area contributed by atoms with E-state index in [1.54, 1.807) is 4.68 Å². The molecule has 0 aromatic carbocycles. The van der Waals surface area contributed by atoms with Crippen molar-refractivity contribution in [2.24, 2.45) is 13.0 Å². The smallest absolute Gasteiger partial charge is 0.218 e. The second-order valence-corrected chi connectivity index (χ2v) is 5.00. The van der Waals surface area contributed by atoms with Gasteiger partial charge in [0.15, 0.2) is 5.82 Å². The number of nitrogen functional groups attached to an aromatic ring is 1. The zero-order valence-corrected chi connectivity index (χ0v) is 10.3. The summed E-state index contributed by atoms with van der Waals surface area (Å²) in [6.07, 6.45) is 2.38. The molecule has 90 valence electrons. The van der Waals surface area contributed by atoms with Crippen LogP contribution in [0.4, 0.5) is 5.95 Å². The highest BCUT2D eigenvalue weighted by atomic mass is 15.4. The number of aryl methyl sites for hydroxylation is 1. The summed E-state index contributed by atoms with van der Waals surface area (Å²) < 4.78 is 1.65. The van der Waals surface area contributed by atoms with Gasteiger partial charge < -0.3 is 5.73 Å². The van der Waals surface area contributed by atoms with E-state index in [2.05, 4.69) is 28.8 Å². The lowest BCUT2D eigenvalue weighted by Crippen LogP contribution is -2.28. The van der Waals surface area contributed by atoms with Gasteiger partial charge in [-0.1, -0.05) is 13.8 Å².